The van der Waals surface area contributed by atoms with Crippen LogP contribution in [0.5, 0.6) is 11.5 Å². The second kappa shape index (κ2) is 9.37. The summed E-state index contributed by atoms with van der Waals surface area (Å²) in [6, 6.07) is 5.78. The Kier molecular flexibility index (Phi) is 6.38. The summed E-state index contributed by atoms with van der Waals surface area (Å²) in [5.41, 5.74) is 3.58. The Labute approximate surface area is 212 Å². The van der Waals surface area contributed by atoms with E-state index in [2.05, 4.69) is 18.3 Å². The second-order valence-corrected chi connectivity index (χ2v) is 9.83. The number of hydrogen-bond acceptors (Lipinski definition) is 7. The third-order valence-electron chi connectivity index (χ3n) is 8.03. The molecule has 0 radical (unpaired) electrons. The number of allylic oxidation sites excluding steroid dienone is 1. The van der Waals surface area contributed by atoms with Crippen LogP contribution in [-0.2, 0) is 6.54 Å². The van der Waals surface area contributed by atoms with Crippen molar-refractivity contribution in [1.82, 2.24) is 14.7 Å². The number of aliphatic hydroxyl groups excluding tert-OH is 1. The number of methoxy groups -OCH3 is 2. The summed E-state index contributed by atoms with van der Waals surface area (Å²) in [4.78, 5) is 19.7. The number of piperidine rings is 1. The topological polar surface area (TPSA) is 90.7 Å². The predicted octanol–water partition coefficient (Wildman–Crippen LogP) is 4.09. The van der Waals surface area contributed by atoms with E-state index in [-0.39, 0.29) is 11.9 Å². The fraction of sp³-hybridized carbons (Fsp3) is 0.519. The summed E-state index contributed by atoms with van der Waals surface area (Å²) < 4.78 is 16.6. The largest absolute Gasteiger partial charge is 0.497 e. The number of aryl methyl sites for hydroxylation is 1. The van der Waals surface area contributed by atoms with E-state index in [1.54, 1.807) is 20.5 Å². The van der Waals surface area contributed by atoms with Gasteiger partial charge in [-0.1, -0.05) is 13.0 Å². The lowest BCUT2D eigenvalue weighted by molar-refractivity contribution is -0.0139. The van der Waals surface area contributed by atoms with Crippen molar-refractivity contribution in [1.29, 1.82) is 0 Å². The minimum absolute atomic E-state index is 0.0340. The van der Waals surface area contributed by atoms with Crippen LogP contribution in [-0.4, -0.2) is 71.6 Å². The van der Waals surface area contributed by atoms with Crippen LogP contribution in [0.2, 0.25) is 0 Å². The second-order valence-electron chi connectivity index (χ2n) is 9.83. The number of anilines is 1. The molecule has 0 aliphatic carbocycles. The van der Waals surface area contributed by atoms with Crippen LogP contribution in [0.3, 0.4) is 0 Å². The van der Waals surface area contributed by atoms with Gasteiger partial charge < -0.3 is 29.2 Å². The molecular formula is C27H36N4O5. The van der Waals surface area contributed by atoms with Crippen LogP contribution in [0, 0.1) is 6.92 Å². The Morgan fingerprint density at radius 3 is 2.61 bits per heavy atom. The number of hydrogen-bond donors (Lipinski definition) is 2. The first-order valence-electron chi connectivity index (χ1n) is 12.6. The molecule has 0 bridgehead atoms. The zero-order valence-corrected chi connectivity index (χ0v) is 21.7. The molecule has 3 aliphatic rings. The molecule has 1 aromatic heterocycles. The molecule has 9 nitrogen and oxygen atoms in total. The molecule has 194 valence electrons. The van der Waals surface area contributed by atoms with Crippen molar-refractivity contribution in [3.05, 3.63) is 53.1 Å². The molecule has 4 heterocycles. The smallest absolute Gasteiger partial charge is 0.325 e. The van der Waals surface area contributed by atoms with E-state index in [1.807, 2.05) is 46.7 Å². The van der Waals surface area contributed by atoms with Crippen molar-refractivity contribution in [2.75, 3.05) is 39.2 Å². The Bertz CT molecular complexity index is 1170. The van der Waals surface area contributed by atoms with Crippen LogP contribution < -0.4 is 14.8 Å². The Morgan fingerprint density at radius 2 is 2.00 bits per heavy atom. The molecule has 0 saturated carbocycles. The van der Waals surface area contributed by atoms with Gasteiger partial charge in [-0.3, -0.25) is 9.80 Å². The van der Waals surface area contributed by atoms with Crippen LogP contribution in [0.25, 0.3) is 0 Å². The zero-order valence-electron chi connectivity index (χ0n) is 21.7. The molecule has 2 aromatic rings. The SMILES string of the molecule is CCN1C(=O)N2Cc3cc(OC)cc(OC)c3[C@@H](C)C=C2C12CCN(C(O)Nc1ccoc1C)CC2. The molecule has 1 spiro atoms. The van der Waals surface area contributed by atoms with Gasteiger partial charge in [-0.2, -0.15) is 0 Å². The normalized spacial score (nSPS) is 22.1. The van der Waals surface area contributed by atoms with Crippen molar-refractivity contribution >= 4 is 11.7 Å². The average Bonchev–Trinajstić information content (AvgIpc) is 3.31. The molecule has 1 aromatic carbocycles. The Morgan fingerprint density at radius 1 is 1.25 bits per heavy atom. The minimum atomic E-state index is -0.829. The van der Waals surface area contributed by atoms with Gasteiger partial charge in [0.05, 0.1) is 38.3 Å². The quantitative estimate of drug-likeness (QED) is 0.582. The fourth-order valence-corrected chi connectivity index (χ4v) is 6.17. The lowest BCUT2D eigenvalue weighted by Gasteiger charge is -2.45. The molecule has 2 N–H and O–H groups in total. The highest BCUT2D eigenvalue weighted by atomic mass is 16.5. The number of carbonyl (C=O) groups is 1. The summed E-state index contributed by atoms with van der Waals surface area (Å²) >= 11 is 0. The van der Waals surface area contributed by atoms with E-state index in [0.29, 0.717) is 26.2 Å². The number of aliphatic hydroxyl groups is 1. The maximum Gasteiger partial charge on any atom is 0.325 e. The molecule has 5 rings (SSSR count). The molecule has 36 heavy (non-hydrogen) atoms. The van der Waals surface area contributed by atoms with Crippen molar-refractivity contribution in [3.8, 4) is 11.5 Å². The molecule has 2 atom stereocenters. The fourth-order valence-electron chi connectivity index (χ4n) is 6.17. The molecule has 2 saturated heterocycles. The van der Waals surface area contributed by atoms with Gasteiger partial charge in [-0.25, -0.2) is 4.79 Å². The lowest BCUT2D eigenvalue weighted by Crippen LogP contribution is -2.56. The number of nitrogens with zero attached hydrogens (tertiary/aromatic N) is 3. The lowest BCUT2D eigenvalue weighted by atomic mass is 9.82. The number of furan rings is 1. The first kappa shape index (κ1) is 24.5. The Hall–Kier alpha value is -3.17. The maximum absolute atomic E-state index is 13.7. The van der Waals surface area contributed by atoms with Gasteiger partial charge in [0.25, 0.3) is 0 Å². The number of nitrogens with one attached hydrogen (secondary N) is 1. The molecule has 2 amide bonds. The maximum atomic E-state index is 13.7. The van der Waals surface area contributed by atoms with Gasteiger partial charge in [0.15, 0.2) is 6.35 Å². The first-order valence-corrected chi connectivity index (χ1v) is 12.6. The van der Waals surface area contributed by atoms with Gasteiger partial charge >= 0.3 is 6.03 Å². The van der Waals surface area contributed by atoms with Crippen LogP contribution in [0.1, 0.15) is 49.5 Å². The number of likely N-dealkylation sites (tertiary alicyclic amines) is 1. The summed E-state index contributed by atoms with van der Waals surface area (Å²) in [5, 5.41) is 14.0. The number of amides is 2. The predicted molar refractivity (Wildman–Crippen MR) is 136 cm³/mol. The van der Waals surface area contributed by atoms with Gasteiger partial charge in [-0.05, 0) is 44.4 Å². The molecular weight excluding hydrogens is 460 g/mol. The number of likely N-dealkylation sites (N-methyl/N-ethyl adjacent to an activating group) is 1. The van der Waals surface area contributed by atoms with E-state index >= 15 is 0 Å². The summed E-state index contributed by atoms with van der Waals surface area (Å²) in [7, 11) is 3.32. The van der Waals surface area contributed by atoms with Crippen molar-refractivity contribution < 1.29 is 23.8 Å². The number of urea groups is 1. The monoisotopic (exact) mass is 496 g/mol. The van der Waals surface area contributed by atoms with Crippen molar-refractivity contribution in [3.63, 3.8) is 0 Å². The third-order valence-corrected chi connectivity index (χ3v) is 8.03. The number of fused-ring (bicyclic) bond motifs is 3. The van der Waals surface area contributed by atoms with E-state index in [4.69, 9.17) is 13.9 Å². The van der Waals surface area contributed by atoms with Crippen LogP contribution in [0.15, 0.2) is 40.7 Å². The van der Waals surface area contributed by atoms with E-state index in [0.717, 1.165) is 52.6 Å². The van der Waals surface area contributed by atoms with Gasteiger partial charge in [0, 0.05) is 42.9 Å². The van der Waals surface area contributed by atoms with Crippen molar-refractivity contribution in [2.24, 2.45) is 0 Å². The molecule has 2 fully saturated rings. The van der Waals surface area contributed by atoms with Gasteiger partial charge in [0.1, 0.15) is 17.3 Å². The van der Waals surface area contributed by atoms with E-state index < -0.39 is 11.9 Å². The summed E-state index contributed by atoms with van der Waals surface area (Å²) in [6.07, 6.45) is 4.50. The first-order chi connectivity index (χ1) is 17.3. The standard InChI is InChI=1S/C27H36N4O5/c1-6-31-26(33)30-16-19-14-20(34-4)15-22(35-5)24(19)17(2)13-23(30)27(31)8-10-29(11-9-27)25(32)28-21-7-12-36-18(21)3/h7,12-15,17,25,28,32H,6,8-11,16H2,1-5H3/t17-,25?/m0/s1. The van der Waals surface area contributed by atoms with E-state index in [1.165, 1.54) is 0 Å². The number of rotatable bonds is 6. The minimum Gasteiger partial charge on any atom is -0.497 e. The van der Waals surface area contributed by atoms with Crippen molar-refractivity contribution in [2.45, 2.75) is 58.0 Å². The van der Waals surface area contributed by atoms with Crippen LogP contribution >= 0.6 is 0 Å². The zero-order chi connectivity index (χ0) is 25.6. The number of benzene rings is 1. The highest BCUT2D eigenvalue weighted by Crippen LogP contribution is 2.49. The average molecular weight is 497 g/mol. The number of carbonyl (C=O) groups excluding carboxylic acids is 1. The molecule has 9 heteroatoms. The number of ether oxygens (including phenoxy) is 2. The summed E-state index contributed by atoms with van der Waals surface area (Å²) in [5.74, 6) is 2.30. The third kappa shape index (κ3) is 3.81. The highest BCUT2D eigenvalue weighted by Gasteiger charge is 2.55. The van der Waals surface area contributed by atoms with Gasteiger partial charge in [-0.15, -0.1) is 0 Å². The Balaban J connectivity index is 1.44. The van der Waals surface area contributed by atoms with E-state index in [9.17, 15) is 9.90 Å². The molecule has 3 aliphatic heterocycles. The van der Waals surface area contributed by atoms with Crippen LogP contribution in [0.4, 0.5) is 10.5 Å². The summed E-state index contributed by atoms with van der Waals surface area (Å²) in [6.45, 7) is 8.47. The van der Waals surface area contributed by atoms with Gasteiger partial charge in [0.2, 0.25) is 0 Å². The molecule has 1 unspecified atom stereocenters. The highest BCUT2D eigenvalue weighted by molar-refractivity contribution is 5.83.